The van der Waals surface area contributed by atoms with Crippen molar-refractivity contribution in [1.82, 2.24) is 20.0 Å². The largest absolute Gasteiger partial charge is 0.489 e. The van der Waals surface area contributed by atoms with Crippen molar-refractivity contribution in [3.8, 4) is 34.4 Å². The molecule has 0 radical (unpaired) electrons. The number of alkyl halides is 1. The summed E-state index contributed by atoms with van der Waals surface area (Å²) in [5.41, 5.74) is 3.49. The average Bonchev–Trinajstić information content (AvgIpc) is 3.69. The Balaban J connectivity index is 0.000000233. The minimum absolute atomic E-state index is 0. The molecule has 4 aromatic carbocycles. The van der Waals surface area contributed by atoms with Gasteiger partial charge in [0.2, 0.25) is 11.8 Å². The number of hydrogen-bond donors (Lipinski definition) is 1. The molecule has 10 nitrogen and oxygen atoms in total. The van der Waals surface area contributed by atoms with E-state index in [0.717, 1.165) is 19.8 Å². The number of halogens is 5. The number of benzene rings is 4. The molecule has 0 unspecified atom stereocenters. The van der Waals surface area contributed by atoms with Gasteiger partial charge in [-0.05, 0) is 99.5 Å². The number of hydrogen-bond acceptors (Lipinski definition) is 8. The van der Waals surface area contributed by atoms with E-state index in [-0.39, 0.29) is 31.4 Å². The number of rotatable bonds is 9. The van der Waals surface area contributed by atoms with E-state index < -0.39 is 11.5 Å². The van der Waals surface area contributed by atoms with Crippen LogP contribution in [-0.2, 0) is 11.9 Å². The highest BCUT2D eigenvalue weighted by Gasteiger charge is 2.14. The molecule has 6 aromatic rings. The van der Waals surface area contributed by atoms with E-state index in [1.165, 1.54) is 10.2 Å². The first-order chi connectivity index (χ1) is 24.3. The van der Waals surface area contributed by atoms with Gasteiger partial charge < -0.3 is 18.3 Å². The first-order valence-electron chi connectivity index (χ1n) is 15.4. The molecule has 276 valence electrons. The van der Waals surface area contributed by atoms with E-state index in [2.05, 4.69) is 75.2 Å². The van der Waals surface area contributed by atoms with Crippen LogP contribution in [0.4, 0.5) is 0 Å². The maximum Gasteiger partial charge on any atom is 0.437 e. The standard InChI is InChI=1S/C18H16BrClN2O3.C11H11ClN2O3.C7H6Br2.CH4/c1-11(2)24-16-8-5-13(9-15(16)20)17-21-22(18(23)25-17)10-12-3-6-14(19)7-4-12;1-6(2)16-9-4-3-7(5-8(9)12)10-13-14-11(15)17-10;8-5-6-1-3-7(9)4-2-6;/h3-9,11H,10H2,1-2H3;3-6H,1-2H3,(H,14,15);1-4H,5H2;1H4. The molecule has 0 aliphatic carbocycles. The van der Waals surface area contributed by atoms with E-state index in [1.54, 1.807) is 36.4 Å². The Labute approximate surface area is 336 Å². The molecule has 1 N–H and O–H groups in total. The maximum atomic E-state index is 12.0. The molecule has 6 rings (SSSR count). The van der Waals surface area contributed by atoms with Gasteiger partial charge in [0.15, 0.2) is 0 Å². The van der Waals surface area contributed by atoms with E-state index in [1.807, 2.05) is 64.1 Å². The number of ether oxygens (including phenoxy) is 2. The first kappa shape index (κ1) is 42.8. The molecule has 0 fully saturated rings. The summed E-state index contributed by atoms with van der Waals surface area (Å²) in [5.74, 6) is 0.476. The minimum Gasteiger partial charge on any atom is -0.489 e. The molecule has 0 saturated carbocycles. The number of aromatic nitrogens is 4. The van der Waals surface area contributed by atoms with Crippen LogP contribution in [0.2, 0.25) is 10.0 Å². The van der Waals surface area contributed by atoms with Crippen LogP contribution in [0, 0.1) is 0 Å². The lowest BCUT2D eigenvalue weighted by atomic mass is 10.2. The Morgan fingerprint density at radius 2 is 1.21 bits per heavy atom. The topological polar surface area (TPSA) is 125 Å². The molecular formula is C37H37Br3Cl2N4O6. The van der Waals surface area contributed by atoms with Crippen LogP contribution < -0.4 is 21.0 Å². The van der Waals surface area contributed by atoms with Gasteiger partial charge in [0, 0.05) is 25.4 Å². The summed E-state index contributed by atoms with van der Waals surface area (Å²) < 4.78 is 24.6. The highest BCUT2D eigenvalue weighted by Crippen LogP contribution is 2.31. The van der Waals surface area contributed by atoms with Crippen molar-refractivity contribution in [3.63, 3.8) is 0 Å². The quantitative estimate of drug-likeness (QED) is 0.142. The van der Waals surface area contributed by atoms with Gasteiger partial charge in [0.1, 0.15) is 11.5 Å². The number of nitrogens with zero attached hydrogens (tertiary/aromatic N) is 3. The average molecular weight is 944 g/mol. The monoisotopic (exact) mass is 940 g/mol. The zero-order valence-electron chi connectivity index (χ0n) is 27.8. The summed E-state index contributed by atoms with van der Waals surface area (Å²) in [4.78, 5) is 22.9. The molecule has 0 atom stereocenters. The molecule has 0 aliphatic heterocycles. The van der Waals surface area contributed by atoms with Crippen molar-refractivity contribution in [2.45, 2.75) is 59.2 Å². The van der Waals surface area contributed by atoms with Gasteiger partial charge in [-0.25, -0.2) is 14.7 Å². The lowest BCUT2D eigenvalue weighted by Gasteiger charge is -2.11. The lowest BCUT2D eigenvalue weighted by Crippen LogP contribution is -2.16. The van der Waals surface area contributed by atoms with Crippen LogP contribution in [-0.4, -0.2) is 32.2 Å². The van der Waals surface area contributed by atoms with Crippen molar-refractivity contribution < 1.29 is 18.3 Å². The predicted molar refractivity (Wildman–Crippen MR) is 217 cm³/mol. The summed E-state index contributed by atoms with van der Waals surface area (Å²) >= 11 is 22.4. The van der Waals surface area contributed by atoms with E-state index in [9.17, 15) is 9.59 Å². The fourth-order valence-corrected chi connectivity index (χ4v) is 5.53. The Bertz CT molecular complexity index is 2130. The zero-order chi connectivity index (χ0) is 37.1. The summed E-state index contributed by atoms with van der Waals surface area (Å²) in [7, 11) is 0. The normalized spacial score (nSPS) is 10.5. The Morgan fingerprint density at radius 1 is 0.731 bits per heavy atom. The van der Waals surface area contributed by atoms with Crippen LogP contribution in [0.1, 0.15) is 46.2 Å². The summed E-state index contributed by atoms with van der Waals surface area (Å²) in [5, 5.41) is 12.0. The van der Waals surface area contributed by atoms with Crippen LogP contribution in [0.25, 0.3) is 22.9 Å². The summed E-state index contributed by atoms with van der Waals surface area (Å²) in [6.45, 7) is 8.01. The third-order valence-electron chi connectivity index (χ3n) is 6.44. The fourth-order valence-electron chi connectivity index (χ4n) is 4.18. The number of nitrogens with one attached hydrogen (secondary N) is 1. The Hall–Kier alpha value is -3.62. The molecule has 0 aliphatic rings. The zero-order valence-corrected chi connectivity index (χ0v) is 34.1. The SMILES string of the molecule is BrCc1ccc(Br)cc1.C.CC(C)Oc1ccc(-c2n[nH]c(=O)o2)cc1Cl.CC(C)Oc1ccc(-c2nn(Cc3ccc(Br)cc3)c(=O)o2)cc1Cl. The Morgan fingerprint density at radius 3 is 1.63 bits per heavy atom. The smallest absolute Gasteiger partial charge is 0.437 e. The second kappa shape index (κ2) is 20.6. The highest BCUT2D eigenvalue weighted by atomic mass is 79.9. The van der Waals surface area contributed by atoms with Crippen LogP contribution >= 0.6 is 71.0 Å². The molecular weight excluding hydrogens is 907 g/mol. The van der Waals surface area contributed by atoms with Gasteiger partial charge in [-0.3, -0.25) is 0 Å². The van der Waals surface area contributed by atoms with Crippen molar-refractivity contribution in [1.29, 1.82) is 0 Å². The second-order valence-electron chi connectivity index (χ2n) is 11.3. The van der Waals surface area contributed by atoms with Gasteiger partial charge in [0.05, 0.1) is 28.8 Å². The van der Waals surface area contributed by atoms with E-state index in [0.29, 0.717) is 39.2 Å². The summed E-state index contributed by atoms with van der Waals surface area (Å²) in [6.07, 6.45) is 0.0630. The van der Waals surface area contributed by atoms with Gasteiger partial charge in [-0.1, -0.05) is 103 Å². The molecule has 0 saturated heterocycles. The van der Waals surface area contributed by atoms with E-state index >= 15 is 0 Å². The molecule has 15 heteroatoms. The molecule has 52 heavy (non-hydrogen) atoms. The molecule has 2 aromatic heterocycles. The second-order valence-corrected chi connectivity index (χ2v) is 14.5. The minimum atomic E-state index is -0.598. The molecule has 0 bridgehead atoms. The third kappa shape index (κ3) is 13.1. The first-order valence-corrected chi connectivity index (χ1v) is 18.9. The van der Waals surface area contributed by atoms with Gasteiger partial charge in [-0.2, -0.15) is 4.68 Å². The highest BCUT2D eigenvalue weighted by molar-refractivity contribution is 9.10. The number of aromatic amines is 1. The van der Waals surface area contributed by atoms with Crippen molar-refractivity contribution in [2.24, 2.45) is 0 Å². The van der Waals surface area contributed by atoms with Crippen LogP contribution in [0.5, 0.6) is 11.5 Å². The fraction of sp³-hybridized carbons (Fsp3) is 0.243. The van der Waals surface area contributed by atoms with Gasteiger partial charge >= 0.3 is 11.5 Å². The van der Waals surface area contributed by atoms with E-state index in [4.69, 9.17) is 41.5 Å². The number of H-pyrrole nitrogens is 1. The van der Waals surface area contributed by atoms with Crippen LogP contribution in [0.3, 0.4) is 0 Å². The Kier molecular flexibility index (Phi) is 16.9. The predicted octanol–water partition coefficient (Wildman–Crippen LogP) is 11.2. The molecule has 0 spiro atoms. The van der Waals surface area contributed by atoms with Crippen molar-refractivity contribution in [2.75, 3.05) is 0 Å². The van der Waals surface area contributed by atoms with Crippen molar-refractivity contribution in [3.05, 3.63) is 136 Å². The lowest BCUT2D eigenvalue weighted by molar-refractivity contribution is 0.242. The maximum absolute atomic E-state index is 12.0. The van der Waals surface area contributed by atoms with Crippen LogP contribution in [0.15, 0.2) is 112 Å². The summed E-state index contributed by atoms with van der Waals surface area (Å²) in [6, 6.07) is 26.2. The van der Waals surface area contributed by atoms with Gasteiger partial charge in [0.25, 0.3) is 0 Å². The molecule has 2 heterocycles. The van der Waals surface area contributed by atoms with Crippen molar-refractivity contribution >= 4 is 71.0 Å². The molecule has 0 amide bonds. The third-order valence-corrected chi connectivity index (χ3v) is 8.74. The van der Waals surface area contributed by atoms with Gasteiger partial charge in [-0.15, -0.1) is 10.2 Å².